The molecular weight excluding hydrogens is 260 g/mol. The Morgan fingerprint density at radius 1 is 1.45 bits per heavy atom. The average Bonchev–Trinajstić information content (AvgIpc) is 2.88. The van der Waals surface area contributed by atoms with Crippen LogP contribution in [0.3, 0.4) is 0 Å². The zero-order valence-electron chi connectivity index (χ0n) is 11.6. The van der Waals surface area contributed by atoms with Gasteiger partial charge in [-0.1, -0.05) is 0 Å². The van der Waals surface area contributed by atoms with Gasteiger partial charge < -0.3 is 19.3 Å². The summed E-state index contributed by atoms with van der Waals surface area (Å²) < 4.78 is 5.03. The Hall–Kier alpha value is -1.82. The highest BCUT2D eigenvalue weighted by Crippen LogP contribution is 2.24. The van der Waals surface area contributed by atoms with Gasteiger partial charge in [0.15, 0.2) is 5.76 Å². The maximum absolute atomic E-state index is 12.2. The molecule has 0 saturated heterocycles. The summed E-state index contributed by atoms with van der Waals surface area (Å²) in [4.78, 5) is 27.2. The molecule has 110 valence electrons. The van der Waals surface area contributed by atoms with Crippen LogP contribution in [-0.4, -0.2) is 59.5 Å². The minimum absolute atomic E-state index is 0.00394. The number of rotatable bonds is 6. The number of hydrogen-bond donors (Lipinski definition) is 1. The maximum atomic E-state index is 12.2. The van der Waals surface area contributed by atoms with Gasteiger partial charge in [-0.3, -0.25) is 9.59 Å². The zero-order chi connectivity index (χ0) is 14.5. The quantitative estimate of drug-likeness (QED) is 0.833. The Labute approximate surface area is 118 Å². The monoisotopic (exact) mass is 280 g/mol. The number of furan rings is 1. The number of likely N-dealkylation sites (N-methyl/N-ethyl adjacent to an activating group) is 1. The highest BCUT2D eigenvalue weighted by Gasteiger charge is 2.29. The van der Waals surface area contributed by atoms with Gasteiger partial charge in [0.1, 0.15) is 0 Å². The fourth-order valence-electron chi connectivity index (χ4n) is 2.27. The van der Waals surface area contributed by atoms with Gasteiger partial charge in [0.25, 0.3) is 5.91 Å². The number of hydrogen-bond acceptors (Lipinski definition) is 4. The second kappa shape index (κ2) is 6.56. The number of nitrogens with zero attached hydrogens (tertiary/aromatic N) is 2. The van der Waals surface area contributed by atoms with E-state index >= 15 is 0 Å². The zero-order valence-corrected chi connectivity index (χ0v) is 11.6. The van der Waals surface area contributed by atoms with Crippen LogP contribution in [0.4, 0.5) is 0 Å². The van der Waals surface area contributed by atoms with Crippen LogP contribution < -0.4 is 0 Å². The summed E-state index contributed by atoms with van der Waals surface area (Å²) in [5, 5.41) is 9.06. The first-order valence-corrected chi connectivity index (χ1v) is 6.82. The number of aliphatic hydroxyl groups is 1. The third kappa shape index (κ3) is 3.19. The van der Waals surface area contributed by atoms with Crippen molar-refractivity contribution in [2.75, 3.05) is 26.7 Å². The number of carbonyl (C=O) groups excluding carboxylic acids is 2. The lowest BCUT2D eigenvalue weighted by Crippen LogP contribution is -2.49. The van der Waals surface area contributed by atoms with Gasteiger partial charge in [-0.15, -0.1) is 0 Å². The molecule has 1 N–H and O–H groups in total. The summed E-state index contributed by atoms with van der Waals surface area (Å²) in [5.41, 5.74) is 0. The summed E-state index contributed by atoms with van der Waals surface area (Å²) in [6, 6.07) is 3.41. The molecule has 0 unspecified atom stereocenters. The molecule has 1 saturated carbocycles. The predicted octanol–water partition coefficient (Wildman–Crippen LogP) is 0.725. The molecule has 2 amide bonds. The van der Waals surface area contributed by atoms with Crippen LogP contribution in [-0.2, 0) is 4.79 Å². The topological polar surface area (TPSA) is 74.0 Å². The summed E-state index contributed by atoms with van der Waals surface area (Å²) in [5.74, 6) is -0.232. The molecule has 0 radical (unpaired) electrons. The normalized spacial score (nSPS) is 14.7. The Balaban J connectivity index is 1.93. The molecule has 1 aromatic heterocycles. The van der Waals surface area contributed by atoms with Crippen LogP contribution in [0, 0.1) is 0 Å². The van der Waals surface area contributed by atoms with Gasteiger partial charge in [-0.25, -0.2) is 0 Å². The molecule has 1 heterocycles. The maximum Gasteiger partial charge on any atom is 0.289 e. The van der Waals surface area contributed by atoms with E-state index in [2.05, 4.69) is 0 Å². The summed E-state index contributed by atoms with van der Waals surface area (Å²) in [7, 11) is 1.57. The van der Waals surface area contributed by atoms with Crippen LogP contribution in [0.2, 0.25) is 0 Å². The first-order chi connectivity index (χ1) is 9.63. The number of amides is 2. The Bertz CT molecular complexity index is 454. The van der Waals surface area contributed by atoms with Crippen molar-refractivity contribution in [3.8, 4) is 0 Å². The van der Waals surface area contributed by atoms with E-state index < -0.39 is 0 Å². The molecular formula is C14H20N2O4. The van der Waals surface area contributed by atoms with E-state index in [0.29, 0.717) is 6.54 Å². The summed E-state index contributed by atoms with van der Waals surface area (Å²) >= 11 is 0. The third-order valence-corrected chi connectivity index (χ3v) is 3.63. The lowest BCUT2D eigenvalue weighted by atomic mass is 9.91. The molecule has 0 aliphatic heterocycles. The van der Waals surface area contributed by atoms with E-state index in [1.807, 2.05) is 0 Å². The van der Waals surface area contributed by atoms with E-state index in [4.69, 9.17) is 9.52 Å². The highest BCUT2D eigenvalue weighted by molar-refractivity contribution is 5.94. The lowest BCUT2D eigenvalue weighted by molar-refractivity contribution is -0.136. The minimum atomic E-state index is -0.319. The SMILES string of the molecule is CN(CC(=O)N(CCO)C1CCC1)C(=O)c1ccco1. The van der Waals surface area contributed by atoms with Crippen molar-refractivity contribution >= 4 is 11.8 Å². The Morgan fingerprint density at radius 3 is 2.70 bits per heavy atom. The van der Waals surface area contributed by atoms with Gasteiger partial charge in [0.05, 0.1) is 19.4 Å². The molecule has 0 aromatic carbocycles. The molecule has 1 aliphatic rings. The van der Waals surface area contributed by atoms with Crippen molar-refractivity contribution < 1.29 is 19.1 Å². The van der Waals surface area contributed by atoms with Crippen LogP contribution in [0.15, 0.2) is 22.8 Å². The van der Waals surface area contributed by atoms with Crippen molar-refractivity contribution in [3.05, 3.63) is 24.2 Å². The first-order valence-electron chi connectivity index (χ1n) is 6.82. The molecule has 1 aliphatic carbocycles. The predicted molar refractivity (Wildman–Crippen MR) is 72.1 cm³/mol. The van der Waals surface area contributed by atoms with Crippen molar-refractivity contribution in [1.82, 2.24) is 9.80 Å². The first kappa shape index (κ1) is 14.6. The number of aliphatic hydroxyl groups excluding tert-OH is 1. The van der Waals surface area contributed by atoms with Gasteiger partial charge >= 0.3 is 0 Å². The van der Waals surface area contributed by atoms with Gasteiger partial charge in [-0.2, -0.15) is 0 Å². The smallest absolute Gasteiger partial charge is 0.289 e. The van der Waals surface area contributed by atoms with Gasteiger partial charge in [-0.05, 0) is 31.4 Å². The second-order valence-corrected chi connectivity index (χ2v) is 5.03. The van der Waals surface area contributed by atoms with Gasteiger partial charge in [0, 0.05) is 19.6 Å². The Kier molecular flexibility index (Phi) is 4.79. The van der Waals surface area contributed by atoms with Gasteiger partial charge in [0.2, 0.25) is 5.91 Å². The van der Waals surface area contributed by atoms with Crippen molar-refractivity contribution in [2.45, 2.75) is 25.3 Å². The molecule has 0 spiro atoms. The van der Waals surface area contributed by atoms with Crippen LogP contribution in [0.5, 0.6) is 0 Å². The van der Waals surface area contributed by atoms with E-state index in [-0.39, 0.29) is 36.8 Å². The van der Waals surface area contributed by atoms with Crippen molar-refractivity contribution in [2.24, 2.45) is 0 Å². The molecule has 0 atom stereocenters. The van der Waals surface area contributed by atoms with E-state index in [1.165, 1.54) is 11.2 Å². The van der Waals surface area contributed by atoms with Crippen LogP contribution in [0.1, 0.15) is 29.8 Å². The average molecular weight is 280 g/mol. The van der Waals surface area contributed by atoms with E-state index in [0.717, 1.165) is 19.3 Å². The van der Waals surface area contributed by atoms with Crippen molar-refractivity contribution in [1.29, 1.82) is 0 Å². The standard InChI is InChI=1S/C14H20N2O4/c1-15(14(19)12-6-3-9-20-12)10-13(18)16(7-8-17)11-4-2-5-11/h3,6,9,11,17H,2,4-5,7-8,10H2,1H3. The van der Waals surface area contributed by atoms with E-state index in [9.17, 15) is 9.59 Å². The van der Waals surface area contributed by atoms with Crippen LogP contribution in [0.25, 0.3) is 0 Å². The minimum Gasteiger partial charge on any atom is -0.459 e. The molecule has 0 bridgehead atoms. The largest absolute Gasteiger partial charge is 0.459 e. The highest BCUT2D eigenvalue weighted by atomic mass is 16.3. The van der Waals surface area contributed by atoms with Crippen molar-refractivity contribution in [3.63, 3.8) is 0 Å². The summed E-state index contributed by atoms with van der Waals surface area (Å²) in [6.45, 7) is 0.264. The molecule has 1 aromatic rings. The molecule has 6 nitrogen and oxygen atoms in total. The molecule has 1 fully saturated rings. The Morgan fingerprint density at radius 2 is 2.20 bits per heavy atom. The molecule has 20 heavy (non-hydrogen) atoms. The van der Waals surface area contributed by atoms with E-state index in [1.54, 1.807) is 24.1 Å². The fourth-order valence-corrected chi connectivity index (χ4v) is 2.27. The fraction of sp³-hybridized carbons (Fsp3) is 0.571. The summed E-state index contributed by atoms with van der Waals surface area (Å²) in [6.07, 6.45) is 4.49. The lowest BCUT2D eigenvalue weighted by Gasteiger charge is -2.38. The molecule has 6 heteroatoms. The van der Waals surface area contributed by atoms with Crippen LogP contribution >= 0.6 is 0 Å². The molecule has 2 rings (SSSR count). The number of carbonyl (C=O) groups is 2. The third-order valence-electron chi connectivity index (χ3n) is 3.63. The second-order valence-electron chi connectivity index (χ2n) is 5.03.